The number of halogens is 3. The van der Waals surface area contributed by atoms with Crippen molar-refractivity contribution in [1.29, 1.82) is 0 Å². The van der Waals surface area contributed by atoms with Crippen molar-refractivity contribution in [3.05, 3.63) is 30.2 Å². The second kappa shape index (κ2) is 8.05. The maximum Gasteiger partial charge on any atom is 0.394 e. The van der Waals surface area contributed by atoms with E-state index in [1.165, 1.54) is 0 Å². The maximum atomic E-state index is 13.6. The molecular formula is C24H34F3N5O. The predicted octanol–water partition coefficient (Wildman–Crippen LogP) is 4.33. The lowest BCUT2D eigenvalue weighted by molar-refractivity contribution is -0.211. The largest absolute Gasteiger partial charge is 0.396 e. The number of anilines is 2. The Bertz CT molecular complexity index is 920. The summed E-state index contributed by atoms with van der Waals surface area (Å²) in [4.78, 5) is 4.98. The first kappa shape index (κ1) is 22.8. The predicted molar refractivity (Wildman–Crippen MR) is 122 cm³/mol. The van der Waals surface area contributed by atoms with Crippen molar-refractivity contribution in [2.45, 2.75) is 82.1 Å². The third-order valence-corrected chi connectivity index (χ3v) is 8.24. The van der Waals surface area contributed by atoms with Crippen molar-refractivity contribution in [2.75, 3.05) is 23.8 Å². The molecule has 1 aliphatic heterocycles. The fraction of sp³-hybridized carbons (Fsp3) is 0.708. The van der Waals surface area contributed by atoms with Crippen molar-refractivity contribution in [3.8, 4) is 0 Å². The number of hydrogen-bond acceptors (Lipinski definition) is 6. The van der Waals surface area contributed by atoms with Crippen LogP contribution in [0.3, 0.4) is 0 Å². The Morgan fingerprint density at radius 1 is 1.30 bits per heavy atom. The smallest absolute Gasteiger partial charge is 0.394 e. The Kier molecular flexibility index (Phi) is 5.55. The Morgan fingerprint density at radius 3 is 2.61 bits per heavy atom. The zero-order chi connectivity index (χ0) is 23.5. The summed E-state index contributed by atoms with van der Waals surface area (Å²) in [7, 11) is 0. The number of hydrazine groups is 1. The maximum absolute atomic E-state index is 13.6. The number of aliphatic hydroxyl groups is 1. The molecule has 4 N–H and O–H groups in total. The first-order valence-corrected chi connectivity index (χ1v) is 12.1. The number of alkyl halides is 3. The SMILES string of the molecule is C=CN(NCC(CCO)c1cc2c(c(C3CC4(C(F)(F)F)C[C@@H]34)n1)NC(C)C(C)N2)C1CC1. The molecule has 5 unspecified atom stereocenters. The van der Waals surface area contributed by atoms with Crippen LogP contribution in [0.25, 0.3) is 0 Å². The lowest BCUT2D eigenvalue weighted by atomic mass is 9.71. The first-order valence-electron chi connectivity index (χ1n) is 12.1. The summed E-state index contributed by atoms with van der Waals surface area (Å²) < 4.78 is 40.7. The van der Waals surface area contributed by atoms with Crippen molar-refractivity contribution in [2.24, 2.45) is 11.3 Å². The molecule has 0 aromatic carbocycles. The Hall–Kier alpha value is -2.00. The molecule has 2 heterocycles. The number of aliphatic hydroxyl groups excluding tert-OH is 1. The van der Waals surface area contributed by atoms with E-state index in [1.54, 1.807) is 6.20 Å². The molecule has 182 valence electrons. The highest BCUT2D eigenvalue weighted by atomic mass is 19.4. The van der Waals surface area contributed by atoms with Crippen LogP contribution >= 0.6 is 0 Å². The number of pyridine rings is 1. The van der Waals surface area contributed by atoms with Gasteiger partial charge >= 0.3 is 6.18 Å². The minimum atomic E-state index is -4.14. The summed E-state index contributed by atoms with van der Waals surface area (Å²) in [6.45, 7) is 8.62. The standard InChI is InChI=1S/C24H34F3N5O/c1-4-32(16-5-6-16)28-12-15(7-8-33)19-9-20-22(30-14(3)13(2)29-20)21(31-19)17-10-23(11-18(17)23)24(25,26)27/h4,9,13-18,28-30,33H,1,5-8,10-12H2,2-3H3/t13?,14?,15?,17?,18-,23?/m0/s1. The van der Waals surface area contributed by atoms with Gasteiger partial charge in [0.2, 0.25) is 0 Å². The molecule has 5 rings (SSSR count). The Balaban J connectivity index is 1.44. The van der Waals surface area contributed by atoms with Crippen LogP contribution in [0.2, 0.25) is 0 Å². The molecule has 9 heteroatoms. The molecule has 6 nitrogen and oxygen atoms in total. The van der Waals surface area contributed by atoms with Gasteiger partial charge in [0.05, 0.1) is 22.5 Å². The van der Waals surface area contributed by atoms with E-state index in [9.17, 15) is 18.3 Å². The molecule has 33 heavy (non-hydrogen) atoms. The van der Waals surface area contributed by atoms with Crippen LogP contribution < -0.4 is 16.1 Å². The van der Waals surface area contributed by atoms with E-state index < -0.39 is 11.6 Å². The summed E-state index contributed by atoms with van der Waals surface area (Å²) >= 11 is 0. The molecule has 0 saturated heterocycles. The molecular weight excluding hydrogens is 431 g/mol. The van der Waals surface area contributed by atoms with Gasteiger partial charge in [0.25, 0.3) is 0 Å². The average molecular weight is 466 g/mol. The van der Waals surface area contributed by atoms with Gasteiger partial charge in [-0.15, -0.1) is 0 Å². The minimum absolute atomic E-state index is 0.0142. The van der Waals surface area contributed by atoms with Crippen LogP contribution in [-0.2, 0) is 0 Å². The van der Waals surface area contributed by atoms with Gasteiger partial charge in [-0.3, -0.25) is 4.98 Å². The van der Waals surface area contributed by atoms with Gasteiger partial charge in [-0.2, -0.15) is 13.2 Å². The number of hydrogen-bond donors (Lipinski definition) is 4. The zero-order valence-corrected chi connectivity index (χ0v) is 19.3. The van der Waals surface area contributed by atoms with Crippen LogP contribution in [0.15, 0.2) is 18.8 Å². The second-order valence-electron chi connectivity index (χ2n) is 10.4. The van der Waals surface area contributed by atoms with E-state index in [2.05, 4.69) is 36.5 Å². The quantitative estimate of drug-likeness (QED) is 0.407. The van der Waals surface area contributed by atoms with Crippen molar-refractivity contribution < 1.29 is 18.3 Å². The normalized spacial score (nSPS) is 33.0. The second-order valence-corrected chi connectivity index (χ2v) is 10.4. The zero-order valence-electron chi connectivity index (χ0n) is 19.3. The molecule has 0 spiro atoms. The molecule has 4 aliphatic rings. The van der Waals surface area contributed by atoms with E-state index in [-0.39, 0.29) is 49.3 Å². The van der Waals surface area contributed by atoms with Gasteiger partial charge in [0, 0.05) is 55.0 Å². The number of nitrogens with one attached hydrogen (secondary N) is 3. The summed E-state index contributed by atoms with van der Waals surface area (Å²) in [5, 5.41) is 18.8. The van der Waals surface area contributed by atoms with E-state index in [4.69, 9.17) is 4.98 Å². The van der Waals surface area contributed by atoms with Crippen LogP contribution in [0.4, 0.5) is 24.5 Å². The molecule has 0 radical (unpaired) electrons. The highest BCUT2D eigenvalue weighted by Crippen LogP contribution is 2.79. The van der Waals surface area contributed by atoms with Gasteiger partial charge in [-0.1, -0.05) is 6.58 Å². The first-order chi connectivity index (χ1) is 15.7. The van der Waals surface area contributed by atoms with Crippen LogP contribution in [0.5, 0.6) is 0 Å². The molecule has 1 aromatic rings. The minimum Gasteiger partial charge on any atom is -0.396 e. The highest BCUT2D eigenvalue weighted by Gasteiger charge is 2.79. The summed E-state index contributed by atoms with van der Waals surface area (Å²) in [6.07, 6.45) is 0.740. The Labute approximate surface area is 193 Å². The van der Waals surface area contributed by atoms with Gasteiger partial charge in [0.1, 0.15) is 0 Å². The van der Waals surface area contributed by atoms with E-state index in [1.807, 2.05) is 11.1 Å². The molecule has 6 atom stereocenters. The third kappa shape index (κ3) is 3.87. The number of rotatable bonds is 9. The molecule has 0 bridgehead atoms. The van der Waals surface area contributed by atoms with E-state index >= 15 is 0 Å². The molecule has 0 amide bonds. The molecule has 1 aromatic heterocycles. The Morgan fingerprint density at radius 2 is 2.03 bits per heavy atom. The van der Waals surface area contributed by atoms with E-state index in [0.717, 1.165) is 35.6 Å². The number of fused-ring (bicyclic) bond motifs is 2. The van der Waals surface area contributed by atoms with Crippen molar-refractivity contribution >= 4 is 11.4 Å². The molecule has 3 aliphatic carbocycles. The van der Waals surface area contributed by atoms with Gasteiger partial charge < -0.3 is 20.7 Å². The fourth-order valence-corrected chi connectivity index (χ4v) is 5.67. The summed E-state index contributed by atoms with van der Waals surface area (Å²) in [5.74, 6) is -0.626. The van der Waals surface area contributed by atoms with Crippen LogP contribution in [-0.4, -0.2) is 52.6 Å². The molecule has 3 fully saturated rings. The monoisotopic (exact) mass is 465 g/mol. The van der Waals surface area contributed by atoms with E-state index in [0.29, 0.717) is 19.0 Å². The van der Waals surface area contributed by atoms with Crippen LogP contribution in [0.1, 0.15) is 69.2 Å². The average Bonchev–Trinajstić information content (AvgIpc) is 3.66. The lowest BCUT2D eigenvalue weighted by Gasteiger charge is -2.40. The van der Waals surface area contributed by atoms with Crippen molar-refractivity contribution in [3.63, 3.8) is 0 Å². The highest BCUT2D eigenvalue weighted by molar-refractivity contribution is 5.76. The fourth-order valence-electron chi connectivity index (χ4n) is 5.67. The van der Waals surface area contributed by atoms with Gasteiger partial charge in [-0.25, -0.2) is 5.43 Å². The van der Waals surface area contributed by atoms with Crippen LogP contribution in [0, 0.1) is 11.3 Å². The van der Waals surface area contributed by atoms with Gasteiger partial charge in [-0.05, 0) is 57.9 Å². The summed E-state index contributed by atoms with van der Waals surface area (Å²) in [5.41, 5.74) is 5.22. The van der Waals surface area contributed by atoms with Crippen molar-refractivity contribution in [1.82, 2.24) is 15.4 Å². The molecule has 3 saturated carbocycles. The number of nitrogens with zero attached hydrogens (tertiary/aromatic N) is 2. The topological polar surface area (TPSA) is 72.5 Å². The lowest BCUT2D eigenvalue weighted by Crippen LogP contribution is -2.42. The number of aromatic nitrogens is 1. The summed E-state index contributed by atoms with van der Waals surface area (Å²) in [6, 6.07) is 2.79. The third-order valence-electron chi connectivity index (χ3n) is 8.24. The van der Waals surface area contributed by atoms with Gasteiger partial charge in [0.15, 0.2) is 0 Å².